The fourth-order valence-electron chi connectivity index (χ4n) is 3.02. The highest BCUT2D eigenvalue weighted by molar-refractivity contribution is 6.30. The smallest absolute Gasteiger partial charge is 0.172 e. The summed E-state index contributed by atoms with van der Waals surface area (Å²) in [4.78, 5) is 0. The van der Waals surface area contributed by atoms with Crippen LogP contribution in [0.4, 0.5) is 26.3 Å². The maximum absolute atomic E-state index is 14.5. The van der Waals surface area contributed by atoms with Gasteiger partial charge < -0.3 is 0 Å². The van der Waals surface area contributed by atoms with Gasteiger partial charge in [0.25, 0.3) is 0 Å². The third-order valence-electron chi connectivity index (χ3n) is 4.52. The first-order valence-corrected chi connectivity index (χ1v) is 9.39. The van der Waals surface area contributed by atoms with Crippen molar-refractivity contribution in [3.05, 3.63) is 93.5 Å². The van der Waals surface area contributed by atoms with E-state index in [4.69, 9.17) is 11.6 Å². The van der Waals surface area contributed by atoms with Gasteiger partial charge in [0.15, 0.2) is 11.7 Å². The molecule has 0 saturated carbocycles. The molecule has 156 valence electrons. The summed E-state index contributed by atoms with van der Waals surface area (Å²) in [5, 5.41) is -0.904. The van der Waals surface area contributed by atoms with Gasteiger partial charge >= 0.3 is 0 Å². The molecular formula is C23H15ClF6. The Morgan fingerprint density at radius 2 is 1.27 bits per heavy atom. The summed E-state index contributed by atoms with van der Waals surface area (Å²) in [6.45, 7) is 2.02. The van der Waals surface area contributed by atoms with E-state index in [-0.39, 0.29) is 5.56 Å². The van der Waals surface area contributed by atoms with Gasteiger partial charge in [0, 0.05) is 5.56 Å². The number of aryl methyl sites for hydroxylation is 1. The minimum atomic E-state index is -1.92. The van der Waals surface area contributed by atoms with Gasteiger partial charge in [-0.3, -0.25) is 0 Å². The lowest BCUT2D eigenvalue weighted by atomic mass is 9.99. The predicted molar refractivity (Wildman–Crippen MR) is 106 cm³/mol. The summed E-state index contributed by atoms with van der Waals surface area (Å²) in [5.74, 6) is -9.12. The van der Waals surface area contributed by atoms with Gasteiger partial charge in [-0.2, -0.15) is 0 Å². The molecule has 30 heavy (non-hydrogen) atoms. The van der Waals surface area contributed by atoms with E-state index >= 15 is 0 Å². The summed E-state index contributed by atoms with van der Waals surface area (Å²) < 4.78 is 84.9. The zero-order valence-corrected chi connectivity index (χ0v) is 16.4. The molecule has 3 rings (SSSR count). The van der Waals surface area contributed by atoms with E-state index in [9.17, 15) is 26.3 Å². The van der Waals surface area contributed by atoms with Crippen LogP contribution in [0.15, 0.2) is 48.5 Å². The Hall–Kier alpha value is -2.73. The summed E-state index contributed by atoms with van der Waals surface area (Å²) in [5.41, 5.74) is -0.465. The van der Waals surface area contributed by atoms with Gasteiger partial charge in [0.1, 0.15) is 28.3 Å². The molecule has 0 N–H and O–H groups in total. The molecule has 3 aromatic rings. The molecule has 3 aromatic carbocycles. The largest absolute Gasteiger partial charge is 0.206 e. The molecular weight excluding hydrogens is 426 g/mol. The van der Waals surface area contributed by atoms with Crippen molar-refractivity contribution in [2.75, 3.05) is 0 Å². The van der Waals surface area contributed by atoms with Crippen molar-refractivity contribution in [3.63, 3.8) is 0 Å². The normalized spacial score (nSPS) is 12.1. The van der Waals surface area contributed by atoms with Crippen molar-refractivity contribution < 1.29 is 26.3 Å². The Balaban J connectivity index is 2.03. The molecule has 0 bridgehead atoms. The molecule has 0 aliphatic rings. The van der Waals surface area contributed by atoms with Crippen molar-refractivity contribution in [1.29, 1.82) is 0 Å². The predicted octanol–water partition coefficient (Wildman–Crippen LogP) is 8.28. The summed E-state index contributed by atoms with van der Waals surface area (Å²) in [7, 11) is 0. The molecule has 0 radical (unpaired) electrons. The maximum Gasteiger partial charge on any atom is 0.172 e. The number of hydrogen-bond donors (Lipinski definition) is 0. The van der Waals surface area contributed by atoms with Crippen molar-refractivity contribution in [2.45, 2.75) is 19.8 Å². The maximum atomic E-state index is 14.5. The molecule has 0 amide bonds. The quantitative estimate of drug-likeness (QED) is 0.213. The molecule has 0 fully saturated rings. The highest BCUT2D eigenvalue weighted by Gasteiger charge is 2.22. The van der Waals surface area contributed by atoms with Crippen molar-refractivity contribution >= 4 is 23.3 Å². The number of rotatable bonds is 5. The van der Waals surface area contributed by atoms with Crippen molar-refractivity contribution in [3.8, 4) is 11.1 Å². The van der Waals surface area contributed by atoms with Gasteiger partial charge in [-0.1, -0.05) is 49.2 Å². The Bertz CT molecular complexity index is 1070. The highest BCUT2D eigenvalue weighted by Crippen LogP contribution is 2.35. The van der Waals surface area contributed by atoms with E-state index < -0.39 is 51.1 Å². The molecule has 0 atom stereocenters. The first-order chi connectivity index (χ1) is 14.2. The fraction of sp³-hybridized carbons (Fsp3) is 0.130. The average Bonchev–Trinajstić information content (AvgIpc) is 2.71. The van der Waals surface area contributed by atoms with E-state index in [1.165, 1.54) is 0 Å². The van der Waals surface area contributed by atoms with Crippen LogP contribution in [-0.4, -0.2) is 0 Å². The fourth-order valence-corrected chi connectivity index (χ4v) is 3.13. The van der Waals surface area contributed by atoms with E-state index in [2.05, 4.69) is 0 Å². The number of benzene rings is 3. The van der Waals surface area contributed by atoms with E-state index in [0.29, 0.717) is 17.7 Å². The first kappa shape index (κ1) is 22.0. The zero-order chi connectivity index (χ0) is 22.0. The molecule has 0 aliphatic carbocycles. The minimum absolute atomic E-state index is 0.133. The second-order valence-corrected chi connectivity index (χ2v) is 7.02. The number of halogens is 7. The van der Waals surface area contributed by atoms with Gasteiger partial charge in [0.2, 0.25) is 0 Å². The lowest BCUT2D eigenvalue weighted by molar-refractivity contribution is 0.563. The third kappa shape index (κ3) is 4.38. The zero-order valence-electron chi connectivity index (χ0n) is 15.7. The lowest BCUT2D eigenvalue weighted by Gasteiger charge is -2.09. The van der Waals surface area contributed by atoms with Gasteiger partial charge in [0.05, 0.1) is 5.56 Å². The molecule has 0 aromatic heterocycles. The van der Waals surface area contributed by atoms with E-state index in [1.807, 2.05) is 19.1 Å². The Morgan fingerprint density at radius 3 is 1.77 bits per heavy atom. The second-order valence-electron chi connectivity index (χ2n) is 6.64. The van der Waals surface area contributed by atoms with Gasteiger partial charge in [-0.15, -0.1) is 0 Å². The molecule has 0 unspecified atom stereocenters. The minimum Gasteiger partial charge on any atom is -0.206 e. The molecule has 0 saturated heterocycles. The molecule has 0 spiro atoms. The lowest BCUT2D eigenvalue weighted by Crippen LogP contribution is -1.97. The summed E-state index contributed by atoms with van der Waals surface area (Å²) in [6, 6.07) is 9.56. The SMILES string of the molecule is CCCc1ccc(-c2cc(F)c(/C(F)=C(\F)c3cc(F)c(Cl)c(F)c3)c(F)c2)cc1. The van der Waals surface area contributed by atoms with Gasteiger partial charge in [-0.05, 0) is 47.4 Å². The standard InChI is InChI=1S/C23H15ClF6/c1-2-3-12-4-6-13(7-5-12)14-8-16(25)20(17(26)9-14)23(30)22(29)15-10-18(27)21(24)19(28)11-15/h4-11H,2-3H2,1H3/b23-22+. The Morgan fingerprint density at radius 1 is 0.733 bits per heavy atom. The first-order valence-electron chi connectivity index (χ1n) is 9.01. The van der Waals surface area contributed by atoms with Crippen molar-refractivity contribution in [1.82, 2.24) is 0 Å². The van der Waals surface area contributed by atoms with E-state index in [1.54, 1.807) is 12.1 Å². The highest BCUT2D eigenvalue weighted by atomic mass is 35.5. The second kappa shape index (κ2) is 8.96. The van der Waals surface area contributed by atoms with Crippen LogP contribution < -0.4 is 0 Å². The van der Waals surface area contributed by atoms with Crippen LogP contribution in [0.2, 0.25) is 5.02 Å². The summed E-state index contributed by atoms with van der Waals surface area (Å²) >= 11 is 5.30. The Kier molecular flexibility index (Phi) is 6.56. The summed E-state index contributed by atoms with van der Waals surface area (Å²) in [6.07, 6.45) is 1.79. The molecule has 0 aliphatic heterocycles. The van der Waals surface area contributed by atoms with Crippen molar-refractivity contribution in [2.24, 2.45) is 0 Å². The van der Waals surface area contributed by atoms with Crippen LogP contribution in [-0.2, 0) is 6.42 Å². The molecule has 0 heterocycles. The van der Waals surface area contributed by atoms with Crippen LogP contribution >= 0.6 is 11.6 Å². The molecule has 0 nitrogen and oxygen atoms in total. The monoisotopic (exact) mass is 440 g/mol. The van der Waals surface area contributed by atoms with Gasteiger partial charge in [-0.25, -0.2) is 26.3 Å². The van der Waals surface area contributed by atoms with Crippen LogP contribution in [0.25, 0.3) is 22.8 Å². The van der Waals surface area contributed by atoms with E-state index in [0.717, 1.165) is 30.5 Å². The molecule has 7 heteroatoms. The number of hydrogen-bond acceptors (Lipinski definition) is 0. The Labute approximate surface area is 174 Å². The van der Waals surface area contributed by atoms with Crippen LogP contribution in [0, 0.1) is 23.3 Å². The third-order valence-corrected chi connectivity index (χ3v) is 4.88. The average molecular weight is 441 g/mol. The van der Waals surface area contributed by atoms with Crippen LogP contribution in [0.5, 0.6) is 0 Å². The van der Waals surface area contributed by atoms with Crippen LogP contribution in [0.3, 0.4) is 0 Å². The van der Waals surface area contributed by atoms with Crippen LogP contribution in [0.1, 0.15) is 30.0 Å². The topological polar surface area (TPSA) is 0 Å².